The van der Waals surface area contributed by atoms with Gasteiger partial charge in [-0.3, -0.25) is 42.5 Å². The summed E-state index contributed by atoms with van der Waals surface area (Å²) >= 11 is 22.9. The maximum atomic E-state index is 14.5. The highest BCUT2D eigenvalue weighted by molar-refractivity contribution is 6.37. The summed E-state index contributed by atoms with van der Waals surface area (Å²) in [5.74, 6) is -4.71. The smallest absolute Gasteiger partial charge is 0.397 e. The average Bonchev–Trinajstić information content (AvgIpc) is 0.755. The zero-order valence-corrected chi connectivity index (χ0v) is 57.8. The first-order valence-electron chi connectivity index (χ1n) is 29.4. The van der Waals surface area contributed by atoms with Crippen LogP contribution in [-0.2, 0) is 32.9 Å². The number of nitrogen functional groups attached to an aromatic ring is 6. The molecule has 0 saturated carbocycles. The third-order valence-electron chi connectivity index (χ3n) is 14.2. The van der Waals surface area contributed by atoms with Crippen LogP contribution in [0.25, 0.3) is 49.8 Å². The number of carbonyl (C=O) groups is 3. The Hall–Kier alpha value is -10.7. The van der Waals surface area contributed by atoms with Crippen LogP contribution >= 0.6 is 46.4 Å². The summed E-state index contributed by atoms with van der Waals surface area (Å²) in [6, 6.07) is 6.78. The molecule has 0 fully saturated rings. The lowest BCUT2D eigenvalue weighted by Crippen LogP contribution is -2.29. The van der Waals surface area contributed by atoms with Crippen molar-refractivity contribution >= 4 is 131 Å². The Morgan fingerprint density at radius 1 is 0.442 bits per heavy atom. The molecule has 0 aliphatic rings. The minimum atomic E-state index is -5.07. The third kappa shape index (κ3) is 19.9. The van der Waals surface area contributed by atoms with Crippen molar-refractivity contribution in [2.45, 2.75) is 67.5 Å². The van der Waals surface area contributed by atoms with Gasteiger partial charge in [0.1, 0.15) is 92.9 Å². The van der Waals surface area contributed by atoms with Gasteiger partial charge < -0.3 is 49.1 Å². The highest BCUT2D eigenvalue weighted by atomic mass is 35.5. The van der Waals surface area contributed by atoms with Crippen LogP contribution < -0.4 is 51.1 Å². The van der Waals surface area contributed by atoms with E-state index in [1.54, 1.807) is 14.7 Å². The number of pyridine rings is 3. The molecule has 9 aromatic rings. The molecule has 0 spiro atoms. The van der Waals surface area contributed by atoms with Gasteiger partial charge in [0.05, 0.1) is 53.3 Å². The van der Waals surface area contributed by atoms with Crippen LogP contribution in [0.4, 0.5) is 87.2 Å². The summed E-state index contributed by atoms with van der Waals surface area (Å²) in [4.78, 5) is 97.0. The first-order valence-corrected chi connectivity index (χ1v) is 30.9. The topological polar surface area (TPSA) is 360 Å². The van der Waals surface area contributed by atoms with E-state index < -0.39 is 119 Å². The number of carbonyl (C=O) groups excluding carboxylic acids is 3. The molecule has 0 radical (unpaired) electrons. The molecule has 0 saturated heterocycles. The zero-order chi connectivity index (χ0) is 78.2. The van der Waals surface area contributed by atoms with E-state index in [1.807, 2.05) is 41.5 Å². The maximum Gasteiger partial charge on any atom is 0.431 e. The van der Waals surface area contributed by atoms with Gasteiger partial charge in [0.25, 0.3) is 16.7 Å². The van der Waals surface area contributed by atoms with Crippen molar-refractivity contribution in [3.8, 4) is 17.1 Å². The van der Waals surface area contributed by atoms with E-state index in [1.165, 1.54) is 30.4 Å². The molecule has 24 nitrogen and oxygen atoms in total. The maximum absolute atomic E-state index is 14.5. The molecule has 104 heavy (non-hydrogen) atoms. The van der Waals surface area contributed by atoms with Gasteiger partial charge in [0.2, 0.25) is 17.7 Å². The average molecular weight is 1550 g/mol. The number of amides is 3. The SMILES string of the molecule is C.C=CC(=O)N(CC)CC.C=CC(=O)N(CC)CC.C=CC(=O)N(CC)CC.Nc1c(Cl)cc(Cl)c(F)c1-n1c(C(F)(F)F)cc2c(N)ncnc2c1=O.Nc1c(Cl)cc(Cl)c(F)c1-n1c(C(F)(F)F)cc2c(N)ncnc2c1=O.Nc1cccc(F)c1-n1c(C(F)(F)F)cc2c(N)ncnc2c1=O. The standard InChI is InChI=1S/2C14H7Cl2F4N5O.C14H9F4N5O.3C7H13NO.CH4/c2*15-5-2-6(16)9(21)11(8(5)17)25-7(14(18,19)20)1-4-10(13(25)26)23-3-24-12(4)22;15-7-2-1-3-8(19)11(7)23-9(14(16,17)18)4-6-10(13(23)24)21-5-22-12(6)20;3*1-4-7(9)8(5-2)6-3;/h2*1-3H,21H2,(H2,22,23,24);1-5H,19H2,(H2,20,21,22);3*4H,1,5-6H2,2-3H3;1H4. The van der Waals surface area contributed by atoms with Gasteiger partial charge in [-0.15, -0.1) is 0 Å². The predicted octanol–water partition coefficient (Wildman–Crippen LogP) is 12.7. The van der Waals surface area contributed by atoms with Crippen LogP contribution in [0.5, 0.6) is 0 Å². The predicted molar refractivity (Wildman–Crippen MR) is 378 cm³/mol. The normalized spacial score (nSPS) is 10.9. The van der Waals surface area contributed by atoms with Gasteiger partial charge in [0.15, 0.2) is 11.6 Å². The Labute approximate surface area is 603 Å². The van der Waals surface area contributed by atoms with Crippen molar-refractivity contribution in [2.75, 3.05) is 73.7 Å². The Kier molecular flexibility index (Phi) is 31.1. The number of para-hydroxylation sites is 1. The molecule has 0 unspecified atom stereocenters. The minimum Gasteiger partial charge on any atom is -0.397 e. The van der Waals surface area contributed by atoms with E-state index in [4.69, 9.17) is 80.8 Å². The van der Waals surface area contributed by atoms with Gasteiger partial charge in [-0.1, -0.05) is 79.6 Å². The van der Waals surface area contributed by atoms with Gasteiger partial charge >= 0.3 is 18.5 Å². The van der Waals surface area contributed by atoms with E-state index in [-0.39, 0.29) is 93.7 Å². The number of halogens is 16. The number of nitrogens with zero attached hydrogens (tertiary/aromatic N) is 12. The fourth-order valence-corrected chi connectivity index (χ4v) is 10.0. The van der Waals surface area contributed by atoms with E-state index >= 15 is 0 Å². The van der Waals surface area contributed by atoms with Crippen LogP contribution in [0.1, 0.15) is 66.1 Å². The lowest BCUT2D eigenvalue weighted by molar-refractivity contribution is -0.143. The van der Waals surface area contributed by atoms with Crippen LogP contribution in [0, 0.1) is 17.5 Å². The Morgan fingerprint density at radius 2 is 0.702 bits per heavy atom. The summed E-state index contributed by atoms with van der Waals surface area (Å²) in [5.41, 5.74) is 19.7. The van der Waals surface area contributed by atoms with E-state index in [9.17, 15) is 81.5 Å². The molecule has 40 heteroatoms. The number of hydrogen-bond acceptors (Lipinski definition) is 18. The number of benzene rings is 3. The molecule has 6 heterocycles. The van der Waals surface area contributed by atoms with Crippen molar-refractivity contribution in [2.24, 2.45) is 0 Å². The molecule has 0 aliphatic carbocycles. The van der Waals surface area contributed by atoms with Crippen molar-refractivity contribution in [1.82, 2.24) is 58.3 Å². The van der Waals surface area contributed by atoms with Crippen molar-refractivity contribution in [3.63, 3.8) is 0 Å². The monoisotopic (exact) mass is 1550 g/mol. The second kappa shape index (κ2) is 36.9. The quantitative estimate of drug-likeness (QED) is 0.0286. The highest BCUT2D eigenvalue weighted by Crippen LogP contribution is 2.41. The molecule has 9 rings (SSSR count). The molecule has 560 valence electrons. The van der Waals surface area contributed by atoms with Crippen LogP contribution in [0.2, 0.25) is 20.1 Å². The van der Waals surface area contributed by atoms with Crippen LogP contribution in [0.3, 0.4) is 0 Å². The molecular formula is C64H66Cl4F12N18O6. The number of hydrogen-bond donors (Lipinski definition) is 6. The van der Waals surface area contributed by atoms with Crippen molar-refractivity contribution in [3.05, 3.63) is 191 Å². The van der Waals surface area contributed by atoms with E-state index in [2.05, 4.69) is 49.6 Å². The lowest BCUT2D eigenvalue weighted by Gasteiger charge is -2.19. The molecule has 3 aromatic carbocycles. The van der Waals surface area contributed by atoms with Crippen LogP contribution in [0.15, 0.2) is 120 Å². The summed E-state index contributed by atoms with van der Waals surface area (Å²) in [5, 5.41) is -2.83. The number of alkyl halides is 9. The highest BCUT2D eigenvalue weighted by Gasteiger charge is 2.41. The van der Waals surface area contributed by atoms with Gasteiger partial charge in [0, 0.05) is 39.3 Å². The number of nitrogens with two attached hydrogens (primary N) is 6. The second-order valence-electron chi connectivity index (χ2n) is 20.2. The number of aromatic nitrogens is 9. The summed E-state index contributed by atoms with van der Waals surface area (Å²) in [6.45, 7) is 26.4. The van der Waals surface area contributed by atoms with Crippen molar-refractivity contribution in [1.29, 1.82) is 0 Å². The number of likely N-dealkylation sites (N-methyl/N-ethyl adjacent to an activating group) is 3. The first kappa shape index (κ1) is 87.5. The molecule has 0 bridgehead atoms. The second-order valence-corrected chi connectivity index (χ2v) is 21.9. The fourth-order valence-electron chi connectivity index (χ4n) is 9.10. The Bertz CT molecular complexity index is 4560. The van der Waals surface area contributed by atoms with Crippen LogP contribution in [-0.4, -0.2) is 115 Å². The first-order chi connectivity index (χ1) is 48.1. The Morgan fingerprint density at radius 3 is 0.923 bits per heavy atom. The van der Waals surface area contributed by atoms with E-state index in [0.717, 1.165) is 76.4 Å². The Balaban J connectivity index is 0.000000343. The molecule has 6 aromatic heterocycles. The van der Waals surface area contributed by atoms with Crippen molar-refractivity contribution < 1.29 is 67.1 Å². The molecular weight excluding hydrogens is 1490 g/mol. The third-order valence-corrected chi connectivity index (χ3v) is 15.4. The summed E-state index contributed by atoms with van der Waals surface area (Å²) in [6.07, 6.45) is -8.37. The number of rotatable bonds is 12. The largest absolute Gasteiger partial charge is 0.431 e. The number of fused-ring (bicyclic) bond motifs is 3. The zero-order valence-electron chi connectivity index (χ0n) is 54.8. The summed E-state index contributed by atoms with van der Waals surface area (Å²) in [7, 11) is 0. The van der Waals surface area contributed by atoms with Gasteiger partial charge in [-0.2, -0.15) is 39.5 Å². The summed E-state index contributed by atoms with van der Waals surface area (Å²) < 4.78 is 165. The van der Waals surface area contributed by atoms with Gasteiger partial charge in [-0.05, 0) is 102 Å². The molecule has 0 atom stereocenters. The fraction of sp³-hybridized carbons (Fsp3) is 0.250. The molecule has 0 aliphatic heterocycles. The minimum absolute atomic E-state index is 0. The lowest BCUT2D eigenvalue weighted by atomic mass is 10.1. The molecule has 3 amide bonds. The molecule has 12 N–H and O–H groups in total. The van der Waals surface area contributed by atoms with E-state index in [0.29, 0.717) is 18.2 Å². The van der Waals surface area contributed by atoms with Gasteiger partial charge in [-0.25, -0.2) is 43.1 Å². The number of anilines is 6.